The second-order valence-electron chi connectivity index (χ2n) is 8.10. The fourth-order valence-electron chi connectivity index (χ4n) is 4.02. The van der Waals surface area contributed by atoms with E-state index in [4.69, 9.17) is 0 Å². The Hall–Kier alpha value is -1.89. The van der Waals surface area contributed by atoms with Crippen LogP contribution in [0.15, 0.2) is 29.7 Å². The highest BCUT2D eigenvalue weighted by Crippen LogP contribution is 2.41. The van der Waals surface area contributed by atoms with Gasteiger partial charge in [0.15, 0.2) is 11.0 Å². The summed E-state index contributed by atoms with van der Waals surface area (Å²) in [6, 6.07) is 4.36. The van der Waals surface area contributed by atoms with Gasteiger partial charge in [0, 0.05) is 37.1 Å². The summed E-state index contributed by atoms with van der Waals surface area (Å²) < 4.78 is 2.20. The maximum atomic E-state index is 13.0. The van der Waals surface area contributed by atoms with E-state index in [1.54, 1.807) is 6.20 Å². The molecule has 0 N–H and O–H groups in total. The van der Waals surface area contributed by atoms with Crippen molar-refractivity contribution >= 4 is 17.7 Å². The van der Waals surface area contributed by atoms with Gasteiger partial charge in [0.05, 0.1) is 5.25 Å². The third-order valence-electron chi connectivity index (χ3n) is 5.31. The normalized spacial score (nSPS) is 24.0. The molecule has 3 atom stereocenters. The van der Waals surface area contributed by atoms with Gasteiger partial charge < -0.3 is 4.90 Å². The van der Waals surface area contributed by atoms with Crippen LogP contribution in [0, 0.1) is 11.8 Å². The Morgan fingerprint density at radius 2 is 1.96 bits per heavy atom. The Labute approximate surface area is 164 Å². The predicted octanol–water partition coefficient (Wildman–Crippen LogP) is 3.66. The molecule has 6 nitrogen and oxygen atoms in total. The van der Waals surface area contributed by atoms with Crippen LogP contribution in [0.1, 0.15) is 46.1 Å². The van der Waals surface area contributed by atoms with E-state index < -0.39 is 0 Å². The molecule has 2 aromatic rings. The number of hydrogen-bond donors (Lipinski definition) is 0. The first-order chi connectivity index (χ1) is 13.0. The minimum atomic E-state index is -0.161. The maximum absolute atomic E-state index is 13.0. The molecule has 0 spiro atoms. The van der Waals surface area contributed by atoms with Crippen molar-refractivity contribution in [2.24, 2.45) is 11.8 Å². The summed E-state index contributed by atoms with van der Waals surface area (Å²) in [4.78, 5) is 19.2. The number of hydrogen-bond acceptors (Lipinski definition) is 5. The molecule has 7 heteroatoms. The molecule has 27 heavy (non-hydrogen) atoms. The van der Waals surface area contributed by atoms with E-state index in [-0.39, 0.29) is 11.2 Å². The van der Waals surface area contributed by atoms with E-state index in [9.17, 15) is 4.79 Å². The monoisotopic (exact) mass is 385 g/mol. The Kier molecular flexibility index (Phi) is 5.21. The number of piperidine rings is 1. The summed E-state index contributed by atoms with van der Waals surface area (Å²) in [6.07, 6.45) is 7.07. The molecule has 1 amide bonds. The minimum absolute atomic E-state index is 0.161. The highest BCUT2D eigenvalue weighted by molar-refractivity contribution is 8.00. The van der Waals surface area contributed by atoms with Gasteiger partial charge >= 0.3 is 0 Å². The zero-order valence-electron chi connectivity index (χ0n) is 16.2. The van der Waals surface area contributed by atoms with Gasteiger partial charge in [-0.1, -0.05) is 25.6 Å². The lowest BCUT2D eigenvalue weighted by molar-refractivity contribution is -0.132. The smallest absolute Gasteiger partial charge is 0.235 e. The van der Waals surface area contributed by atoms with E-state index in [0.717, 1.165) is 42.5 Å². The summed E-state index contributed by atoms with van der Waals surface area (Å²) in [7, 11) is 0. The maximum Gasteiger partial charge on any atom is 0.235 e. The van der Waals surface area contributed by atoms with Gasteiger partial charge in [-0.3, -0.25) is 14.3 Å². The number of aromatic nitrogens is 4. The van der Waals surface area contributed by atoms with Crippen LogP contribution in [0.2, 0.25) is 0 Å². The number of nitrogens with zero attached hydrogens (tertiary/aromatic N) is 5. The number of carbonyl (C=O) groups is 1. The molecule has 1 saturated heterocycles. The first-order valence-electron chi connectivity index (χ1n) is 9.83. The van der Waals surface area contributed by atoms with Crippen LogP contribution < -0.4 is 0 Å². The van der Waals surface area contributed by atoms with Gasteiger partial charge in [-0.25, -0.2) is 0 Å². The molecule has 0 bridgehead atoms. The van der Waals surface area contributed by atoms with Crippen molar-refractivity contribution in [3.63, 3.8) is 0 Å². The zero-order chi connectivity index (χ0) is 19.0. The molecule has 2 aliphatic rings. The van der Waals surface area contributed by atoms with Crippen molar-refractivity contribution in [2.45, 2.75) is 56.5 Å². The fraction of sp³-hybridized carbons (Fsp3) is 0.600. The highest BCUT2D eigenvalue weighted by atomic mass is 32.2. The van der Waals surface area contributed by atoms with E-state index in [0.29, 0.717) is 17.9 Å². The Morgan fingerprint density at radius 3 is 2.59 bits per heavy atom. The van der Waals surface area contributed by atoms with Gasteiger partial charge in [0.2, 0.25) is 5.91 Å². The molecule has 1 aliphatic carbocycles. The van der Waals surface area contributed by atoms with Crippen LogP contribution in [0.3, 0.4) is 0 Å². The lowest BCUT2D eigenvalue weighted by Gasteiger charge is -2.36. The summed E-state index contributed by atoms with van der Waals surface area (Å²) in [6.45, 7) is 8.19. The zero-order valence-corrected chi connectivity index (χ0v) is 17.0. The Balaban J connectivity index is 1.52. The van der Waals surface area contributed by atoms with Crippen molar-refractivity contribution in [3.05, 3.63) is 24.5 Å². The van der Waals surface area contributed by atoms with Crippen molar-refractivity contribution in [2.75, 3.05) is 13.1 Å². The number of rotatable bonds is 5. The topological polar surface area (TPSA) is 63.9 Å². The van der Waals surface area contributed by atoms with Crippen molar-refractivity contribution in [1.82, 2.24) is 24.6 Å². The van der Waals surface area contributed by atoms with E-state index >= 15 is 0 Å². The lowest BCUT2D eigenvalue weighted by Crippen LogP contribution is -2.45. The van der Waals surface area contributed by atoms with Gasteiger partial charge in [-0.05, 0) is 50.2 Å². The minimum Gasteiger partial charge on any atom is -0.341 e. The molecule has 3 heterocycles. The van der Waals surface area contributed by atoms with E-state index in [1.807, 2.05) is 30.2 Å². The summed E-state index contributed by atoms with van der Waals surface area (Å²) in [5.74, 6) is 2.21. The molecular formula is C20H27N5OS. The van der Waals surface area contributed by atoms with Crippen molar-refractivity contribution < 1.29 is 4.79 Å². The summed E-state index contributed by atoms with van der Waals surface area (Å²) in [5, 5.41) is 9.53. The van der Waals surface area contributed by atoms with Crippen molar-refractivity contribution in [1.29, 1.82) is 0 Å². The average Bonchev–Trinajstić information content (AvgIpc) is 3.41. The summed E-state index contributed by atoms with van der Waals surface area (Å²) in [5.41, 5.74) is 0.974. The largest absolute Gasteiger partial charge is 0.341 e. The summed E-state index contributed by atoms with van der Waals surface area (Å²) >= 11 is 1.54. The van der Waals surface area contributed by atoms with Crippen LogP contribution >= 0.6 is 11.8 Å². The van der Waals surface area contributed by atoms with Crippen LogP contribution in [-0.4, -0.2) is 48.9 Å². The molecule has 1 aliphatic heterocycles. The second-order valence-corrected chi connectivity index (χ2v) is 9.41. The molecule has 2 fully saturated rings. The quantitative estimate of drug-likeness (QED) is 0.735. The molecule has 3 unspecified atom stereocenters. The van der Waals surface area contributed by atoms with Gasteiger partial charge in [-0.15, -0.1) is 10.2 Å². The predicted molar refractivity (Wildman–Crippen MR) is 106 cm³/mol. The number of carbonyl (C=O) groups excluding carboxylic acids is 1. The standard InChI is InChI=1S/C20H27N5OS/c1-13-9-14(2)12-24(11-13)19(26)15(3)27-20-23-22-18(25(20)17-6-7-17)16-5-4-8-21-10-16/h4-5,8,10,13-15,17H,6-7,9,11-12H2,1-3H3. The fourth-order valence-corrected chi connectivity index (χ4v) is 5.02. The van der Waals surface area contributed by atoms with E-state index in [1.165, 1.54) is 18.2 Å². The van der Waals surface area contributed by atoms with Gasteiger partial charge in [0.25, 0.3) is 0 Å². The molecule has 2 aromatic heterocycles. The lowest BCUT2D eigenvalue weighted by atomic mass is 9.92. The third kappa shape index (κ3) is 4.03. The first-order valence-corrected chi connectivity index (χ1v) is 10.7. The molecule has 0 radical (unpaired) electrons. The first kappa shape index (κ1) is 18.5. The number of amides is 1. The second kappa shape index (κ2) is 7.62. The van der Waals surface area contributed by atoms with Crippen LogP contribution in [0.4, 0.5) is 0 Å². The van der Waals surface area contributed by atoms with Gasteiger partial charge in [0.1, 0.15) is 0 Å². The Morgan fingerprint density at radius 1 is 1.22 bits per heavy atom. The molecule has 144 valence electrons. The van der Waals surface area contributed by atoms with Gasteiger partial charge in [-0.2, -0.15) is 0 Å². The van der Waals surface area contributed by atoms with Crippen molar-refractivity contribution in [3.8, 4) is 11.4 Å². The number of pyridine rings is 1. The van der Waals surface area contributed by atoms with Crippen LogP contribution in [-0.2, 0) is 4.79 Å². The third-order valence-corrected chi connectivity index (χ3v) is 6.35. The highest BCUT2D eigenvalue weighted by Gasteiger charge is 2.33. The number of thioether (sulfide) groups is 1. The molecule has 1 saturated carbocycles. The van der Waals surface area contributed by atoms with Crippen LogP contribution in [0.5, 0.6) is 0 Å². The Bertz CT molecular complexity index is 794. The molecule has 4 rings (SSSR count). The number of likely N-dealkylation sites (tertiary alicyclic amines) is 1. The average molecular weight is 386 g/mol. The molecule has 0 aromatic carbocycles. The molecular weight excluding hydrogens is 358 g/mol. The SMILES string of the molecule is CC1CC(C)CN(C(=O)C(C)Sc2nnc(-c3cccnc3)n2C2CC2)C1. The van der Waals surface area contributed by atoms with E-state index in [2.05, 4.69) is 33.6 Å². The van der Waals surface area contributed by atoms with Crippen LogP contribution in [0.25, 0.3) is 11.4 Å².